The molecule has 0 aromatic heterocycles. The lowest BCUT2D eigenvalue weighted by molar-refractivity contribution is -0.132. The SMILES string of the molecule is O=C(O)C1=CCC2=COCCS(=O)(=O)C2=C1. The van der Waals surface area contributed by atoms with E-state index in [0.29, 0.717) is 5.57 Å². The molecule has 1 N–H and O–H groups in total. The minimum atomic E-state index is -3.42. The van der Waals surface area contributed by atoms with Crippen molar-refractivity contribution in [3.8, 4) is 0 Å². The van der Waals surface area contributed by atoms with Gasteiger partial charge in [-0.1, -0.05) is 6.08 Å². The quantitative estimate of drug-likeness (QED) is 0.728. The average molecular weight is 242 g/mol. The van der Waals surface area contributed by atoms with Gasteiger partial charge in [0.2, 0.25) is 0 Å². The lowest BCUT2D eigenvalue weighted by atomic mass is 10.0. The molecule has 0 amide bonds. The number of fused-ring (bicyclic) bond motifs is 1. The van der Waals surface area contributed by atoms with Crippen LogP contribution >= 0.6 is 0 Å². The van der Waals surface area contributed by atoms with Crippen molar-refractivity contribution in [3.05, 3.63) is 34.5 Å². The van der Waals surface area contributed by atoms with Crippen molar-refractivity contribution >= 4 is 15.8 Å². The first-order valence-corrected chi connectivity index (χ1v) is 6.35. The van der Waals surface area contributed by atoms with Gasteiger partial charge in [-0.3, -0.25) is 0 Å². The summed E-state index contributed by atoms with van der Waals surface area (Å²) < 4.78 is 28.6. The normalized spacial score (nSPS) is 22.9. The van der Waals surface area contributed by atoms with E-state index in [1.807, 2.05) is 0 Å². The minimum Gasteiger partial charge on any atom is -0.500 e. The highest BCUT2D eigenvalue weighted by atomic mass is 32.2. The maximum Gasteiger partial charge on any atom is 0.335 e. The van der Waals surface area contributed by atoms with Crippen molar-refractivity contribution in [1.29, 1.82) is 0 Å². The first-order valence-electron chi connectivity index (χ1n) is 4.69. The zero-order chi connectivity index (χ0) is 11.8. The molecule has 0 spiro atoms. The van der Waals surface area contributed by atoms with E-state index in [2.05, 4.69) is 0 Å². The largest absolute Gasteiger partial charge is 0.500 e. The van der Waals surface area contributed by atoms with Gasteiger partial charge in [0.1, 0.15) is 6.61 Å². The third kappa shape index (κ3) is 1.88. The fourth-order valence-corrected chi connectivity index (χ4v) is 2.96. The molecule has 6 heteroatoms. The van der Waals surface area contributed by atoms with Crippen LogP contribution in [0.4, 0.5) is 0 Å². The van der Waals surface area contributed by atoms with Gasteiger partial charge in [-0.15, -0.1) is 0 Å². The Labute approximate surface area is 92.6 Å². The third-order valence-electron chi connectivity index (χ3n) is 2.42. The van der Waals surface area contributed by atoms with Gasteiger partial charge in [0.25, 0.3) is 0 Å². The van der Waals surface area contributed by atoms with Crippen molar-refractivity contribution < 1.29 is 23.1 Å². The summed E-state index contributed by atoms with van der Waals surface area (Å²) in [4.78, 5) is 10.8. The van der Waals surface area contributed by atoms with Crippen LogP contribution in [0, 0.1) is 0 Å². The van der Waals surface area contributed by atoms with Crippen LogP contribution in [0.25, 0.3) is 0 Å². The van der Waals surface area contributed by atoms with E-state index in [9.17, 15) is 13.2 Å². The van der Waals surface area contributed by atoms with Crippen molar-refractivity contribution in [2.75, 3.05) is 12.4 Å². The first kappa shape index (κ1) is 10.9. The Morgan fingerprint density at radius 2 is 2.19 bits per heavy atom. The van der Waals surface area contributed by atoms with E-state index in [4.69, 9.17) is 9.84 Å². The average Bonchev–Trinajstić information content (AvgIpc) is 2.37. The molecule has 0 saturated heterocycles. The van der Waals surface area contributed by atoms with Crippen molar-refractivity contribution in [1.82, 2.24) is 0 Å². The molecular formula is C10H10O5S. The molecule has 0 radical (unpaired) electrons. The molecule has 1 heterocycles. The Hall–Kier alpha value is -1.56. The van der Waals surface area contributed by atoms with E-state index in [0.717, 1.165) is 0 Å². The highest BCUT2D eigenvalue weighted by molar-refractivity contribution is 7.95. The van der Waals surface area contributed by atoms with Gasteiger partial charge in [-0.05, 0) is 12.5 Å². The smallest absolute Gasteiger partial charge is 0.335 e. The molecule has 5 nitrogen and oxygen atoms in total. The summed E-state index contributed by atoms with van der Waals surface area (Å²) >= 11 is 0. The minimum absolute atomic E-state index is 0.0117. The second kappa shape index (κ2) is 3.79. The Kier molecular flexibility index (Phi) is 2.59. The van der Waals surface area contributed by atoms with Gasteiger partial charge in [0.15, 0.2) is 9.84 Å². The number of ether oxygens (including phenoxy) is 1. The molecule has 2 rings (SSSR count). The first-order chi connectivity index (χ1) is 7.50. The fraction of sp³-hybridized carbons (Fsp3) is 0.300. The van der Waals surface area contributed by atoms with Crippen molar-refractivity contribution in [2.24, 2.45) is 0 Å². The molecule has 2 aliphatic rings. The summed E-state index contributed by atoms with van der Waals surface area (Å²) in [5, 5.41) is 8.81. The van der Waals surface area contributed by atoms with Crippen molar-refractivity contribution in [3.63, 3.8) is 0 Å². The van der Waals surface area contributed by atoms with Gasteiger partial charge in [-0.25, -0.2) is 13.2 Å². The predicted molar refractivity (Wildman–Crippen MR) is 56.2 cm³/mol. The standard InChI is InChI=1S/C10H10O5S/c11-10(12)7-1-2-8-6-15-3-4-16(13,14)9(8)5-7/h1,5-6H,2-4H2,(H,11,12). The molecule has 0 bridgehead atoms. The summed E-state index contributed by atoms with van der Waals surface area (Å²) in [6, 6.07) is 0. The second-order valence-electron chi connectivity index (χ2n) is 3.51. The highest BCUT2D eigenvalue weighted by Gasteiger charge is 2.27. The Bertz CT molecular complexity index is 521. The summed E-state index contributed by atoms with van der Waals surface area (Å²) in [5.74, 6) is -1.24. The van der Waals surface area contributed by atoms with E-state index in [-0.39, 0.29) is 29.3 Å². The second-order valence-corrected chi connectivity index (χ2v) is 5.59. The van der Waals surface area contributed by atoms with Crippen LogP contribution in [0.1, 0.15) is 6.42 Å². The molecule has 0 atom stereocenters. The Morgan fingerprint density at radius 3 is 2.88 bits per heavy atom. The van der Waals surface area contributed by atoms with Gasteiger partial charge in [0.05, 0.1) is 22.5 Å². The number of hydrogen-bond acceptors (Lipinski definition) is 4. The van der Waals surface area contributed by atoms with E-state index >= 15 is 0 Å². The molecule has 0 aromatic carbocycles. The van der Waals surface area contributed by atoms with Gasteiger partial charge in [0, 0.05) is 5.57 Å². The molecule has 1 aliphatic carbocycles. The number of carbonyl (C=O) groups is 1. The summed E-state index contributed by atoms with van der Waals surface area (Å²) in [6.07, 6.45) is 4.34. The Balaban J connectivity index is 2.52. The van der Waals surface area contributed by atoms with Crippen LogP contribution in [-0.4, -0.2) is 31.9 Å². The van der Waals surface area contributed by atoms with Crippen LogP contribution < -0.4 is 0 Å². The molecule has 16 heavy (non-hydrogen) atoms. The van der Waals surface area contributed by atoms with Crippen molar-refractivity contribution in [2.45, 2.75) is 6.42 Å². The summed E-state index contributed by atoms with van der Waals surface area (Å²) in [5.41, 5.74) is 0.528. The fourth-order valence-electron chi connectivity index (χ4n) is 1.59. The number of hydrogen-bond donors (Lipinski definition) is 1. The zero-order valence-corrected chi connectivity index (χ0v) is 9.16. The van der Waals surface area contributed by atoms with Gasteiger partial charge in [-0.2, -0.15) is 0 Å². The molecule has 0 saturated carbocycles. The summed E-state index contributed by atoms with van der Waals surface area (Å²) in [6.45, 7) is 0.103. The molecule has 0 aromatic rings. The molecule has 1 aliphatic heterocycles. The van der Waals surface area contributed by atoms with E-state index in [1.165, 1.54) is 18.4 Å². The van der Waals surface area contributed by atoms with Crippen LogP contribution in [0.3, 0.4) is 0 Å². The number of carboxylic acid groups (broad SMARTS) is 1. The Morgan fingerprint density at radius 1 is 1.44 bits per heavy atom. The number of allylic oxidation sites excluding steroid dienone is 2. The molecular weight excluding hydrogens is 232 g/mol. The maximum atomic E-state index is 11.8. The summed E-state index contributed by atoms with van der Waals surface area (Å²) in [7, 11) is -3.42. The lowest BCUT2D eigenvalue weighted by Crippen LogP contribution is -2.14. The number of aliphatic carboxylic acids is 1. The number of sulfone groups is 1. The van der Waals surface area contributed by atoms with E-state index in [1.54, 1.807) is 0 Å². The topological polar surface area (TPSA) is 80.7 Å². The van der Waals surface area contributed by atoms with E-state index < -0.39 is 15.8 Å². The molecule has 0 fully saturated rings. The van der Waals surface area contributed by atoms with Gasteiger partial charge < -0.3 is 9.84 Å². The number of carboxylic acids is 1. The third-order valence-corrected chi connectivity index (χ3v) is 4.18. The van der Waals surface area contributed by atoms with Crippen LogP contribution in [-0.2, 0) is 19.4 Å². The molecule has 86 valence electrons. The zero-order valence-electron chi connectivity index (χ0n) is 8.34. The molecule has 0 unspecified atom stereocenters. The lowest BCUT2D eigenvalue weighted by Gasteiger charge is -2.12. The predicted octanol–water partition coefficient (Wildman–Crippen LogP) is 0.614. The van der Waals surface area contributed by atoms with Crippen LogP contribution in [0.2, 0.25) is 0 Å². The number of rotatable bonds is 1. The van der Waals surface area contributed by atoms with Crippen LogP contribution in [0.5, 0.6) is 0 Å². The highest BCUT2D eigenvalue weighted by Crippen LogP contribution is 2.29. The van der Waals surface area contributed by atoms with Crippen LogP contribution in [0.15, 0.2) is 34.5 Å². The maximum absolute atomic E-state index is 11.8. The monoisotopic (exact) mass is 242 g/mol. The van der Waals surface area contributed by atoms with Gasteiger partial charge >= 0.3 is 5.97 Å².